The monoisotopic (exact) mass is 203 g/mol. The maximum Gasteiger partial charge on any atom is 0.153 e. The molecule has 2 nitrogen and oxygen atoms in total. The first-order valence-electron chi connectivity index (χ1n) is 5.79. The zero-order valence-corrected chi connectivity index (χ0v) is 9.25. The number of hydrogen-bond acceptors (Lipinski definition) is 2. The van der Waals surface area contributed by atoms with Crippen LogP contribution in [0, 0.1) is 22.7 Å². The normalized spacial score (nSPS) is 36.1. The predicted octanol–water partition coefficient (Wildman–Crippen LogP) is 3.00. The smallest absolute Gasteiger partial charge is 0.153 e. The van der Waals surface area contributed by atoms with E-state index in [4.69, 9.17) is 0 Å². The molecule has 1 saturated carbocycles. The van der Waals surface area contributed by atoms with Gasteiger partial charge in [-0.3, -0.25) is 4.79 Å². The third-order valence-electron chi connectivity index (χ3n) is 3.94. The molecule has 0 aromatic rings. The number of nitriles is 1. The van der Waals surface area contributed by atoms with Crippen LogP contribution in [0.1, 0.15) is 45.4 Å². The number of fused-ring (bicyclic) bond motifs is 1. The van der Waals surface area contributed by atoms with Gasteiger partial charge in [-0.1, -0.05) is 18.1 Å². The number of rotatable bonds is 0. The Kier molecular flexibility index (Phi) is 2.65. The Balaban J connectivity index is 2.38. The van der Waals surface area contributed by atoms with Crippen molar-refractivity contribution in [3.8, 4) is 6.07 Å². The molecule has 0 aromatic heterocycles. The predicted molar refractivity (Wildman–Crippen MR) is 58.0 cm³/mol. The van der Waals surface area contributed by atoms with Crippen molar-refractivity contribution in [1.82, 2.24) is 0 Å². The number of ketones is 1. The summed E-state index contributed by atoms with van der Waals surface area (Å²) in [5, 5.41) is 9.36. The Morgan fingerprint density at radius 1 is 1.53 bits per heavy atom. The minimum Gasteiger partial charge on any atom is -0.298 e. The summed E-state index contributed by atoms with van der Waals surface area (Å²) < 4.78 is 0. The van der Waals surface area contributed by atoms with Crippen LogP contribution in [0.25, 0.3) is 0 Å². The number of nitrogens with zero attached hydrogens (tertiary/aromatic N) is 1. The highest BCUT2D eigenvalue weighted by atomic mass is 16.1. The van der Waals surface area contributed by atoms with E-state index in [0.29, 0.717) is 12.8 Å². The fourth-order valence-corrected chi connectivity index (χ4v) is 2.94. The van der Waals surface area contributed by atoms with E-state index < -0.39 is 5.41 Å². The van der Waals surface area contributed by atoms with E-state index in [-0.39, 0.29) is 11.7 Å². The average molecular weight is 203 g/mol. The van der Waals surface area contributed by atoms with E-state index in [0.717, 1.165) is 25.7 Å². The summed E-state index contributed by atoms with van der Waals surface area (Å²) in [6.45, 7) is 2.11. The van der Waals surface area contributed by atoms with Crippen LogP contribution in [0.3, 0.4) is 0 Å². The van der Waals surface area contributed by atoms with Gasteiger partial charge in [-0.25, -0.2) is 0 Å². The molecule has 0 unspecified atom stereocenters. The van der Waals surface area contributed by atoms with Gasteiger partial charge < -0.3 is 0 Å². The van der Waals surface area contributed by atoms with Crippen molar-refractivity contribution >= 4 is 5.78 Å². The lowest BCUT2D eigenvalue weighted by molar-refractivity contribution is -0.127. The Morgan fingerprint density at radius 2 is 2.33 bits per heavy atom. The van der Waals surface area contributed by atoms with Gasteiger partial charge in [-0.05, 0) is 38.5 Å². The second-order valence-electron chi connectivity index (χ2n) is 4.91. The topological polar surface area (TPSA) is 40.9 Å². The Bertz CT molecular complexity index is 350. The summed E-state index contributed by atoms with van der Waals surface area (Å²) in [4.78, 5) is 12.1. The van der Waals surface area contributed by atoms with Crippen LogP contribution in [-0.2, 0) is 4.79 Å². The minimum absolute atomic E-state index is 0.191. The SMILES string of the molecule is CC1=CC[C@@]2(C#N)C(=O)CCCC[C@H]2C1. The van der Waals surface area contributed by atoms with Gasteiger partial charge in [0.25, 0.3) is 0 Å². The van der Waals surface area contributed by atoms with Crippen LogP contribution >= 0.6 is 0 Å². The van der Waals surface area contributed by atoms with Gasteiger partial charge in [0.15, 0.2) is 5.78 Å². The third kappa shape index (κ3) is 1.61. The number of carbonyl (C=O) groups excluding carboxylic acids is 1. The lowest BCUT2D eigenvalue weighted by atomic mass is 9.65. The van der Waals surface area contributed by atoms with E-state index in [1.165, 1.54) is 5.57 Å². The molecule has 2 atom stereocenters. The van der Waals surface area contributed by atoms with Crippen molar-refractivity contribution in [3.05, 3.63) is 11.6 Å². The summed E-state index contributed by atoms with van der Waals surface area (Å²) in [6, 6.07) is 2.34. The molecular formula is C13H17NO. The number of Topliss-reactive ketones (excluding diaryl/α,β-unsaturated/α-hetero) is 1. The molecule has 2 aliphatic rings. The fraction of sp³-hybridized carbons (Fsp3) is 0.692. The van der Waals surface area contributed by atoms with E-state index in [1.54, 1.807) is 0 Å². The van der Waals surface area contributed by atoms with Gasteiger partial charge in [-0.2, -0.15) is 5.26 Å². The van der Waals surface area contributed by atoms with Crippen LogP contribution in [0.15, 0.2) is 11.6 Å². The summed E-state index contributed by atoms with van der Waals surface area (Å²) >= 11 is 0. The molecular weight excluding hydrogens is 186 g/mol. The minimum atomic E-state index is -0.671. The molecule has 0 saturated heterocycles. The van der Waals surface area contributed by atoms with Crippen molar-refractivity contribution in [2.45, 2.75) is 45.4 Å². The number of hydrogen-bond donors (Lipinski definition) is 0. The lowest BCUT2D eigenvalue weighted by Crippen LogP contribution is -2.38. The molecule has 0 bridgehead atoms. The van der Waals surface area contributed by atoms with Crippen LogP contribution in [0.2, 0.25) is 0 Å². The third-order valence-corrected chi connectivity index (χ3v) is 3.94. The molecule has 0 aliphatic heterocycles. The summed E-state index contributed by atoms with van der Waals surface area (Å²) in [6.07, 6.45) is 7.41. The van der Waals surface area contributed by atoms with Gasteiger partial charge in [0.1, 0.15) is 5.41 Å². The summed E-state index contributed by atoms with van der Waals surface area (Å²) in [7, 11) is 0. The molecule has 0 aromatic carbocycles. The van der Waals surface area contributed by atoms with E-state index >= 15 is 0 Å². The van der Waals surface area contributed by atoms with Gasteiger partial charge in [0, 0.05) is 6.42 Å². The Hall–Kier alpha value is -1.10. The second kappa shape index (κ2) is 3.81. The second-order valence-corrected chi connectivity index (χ2v) is 4.91. The van der Waals surface area contributed by atoms with Crippen LogP contribution in [0.5, 0.6) is 0 Å². The molecule has 0 N–H and O–H groups in total. The van der Waals surface area contributed by atoms with E-state index in [1.807, 2.05) is 0 Å². The molecule has 0 radical (unpaired) electrons. The zero-order chi connectivity index (χ0) is 10.9. The Labute approximate surface area is 91.0 Å². The molecule has 2 rings (SSSR count). The van der Waals surface area contributed by atoms with Crippen molar-refractivity contribution in [3.63, 3.8) is 0 Å². The molecule has 2 aliphatic carbocycles. The van der Waals surface area contributed by atoms with Gasteiger partial charge >= 0.3 is 0 Å². The fourth-order valence-electron chi connectivity index (χ4n) is 2.94. The first-order valence-corrected chi connectivity index (χ1v) is 5.79. The van der Waals surface area contributed by atoms with E-state index in [2.05, 4.69) is 19.1 Å². The standard InChI is InChI=1S/C13H17NO/c1-10-6-7-13(9-14)11(8-10)4-2-3-5-12(13)15/h6,11H,2-5,7-8H2,1H3/t11-,13-/m0/s1. The highest BCUT2D eigenvalue weighted by Gasteiger charge is 2.47. The molecule has 0 amide bonds. The van der Waals surface area contributed by atoms with Crippen molar-refractivity contribution < 1.29 is 4.79 Å². The van der Waals surface area contributed by atoms with Gasteiger partial charge in [0.05, 0.1) is 6.07 Å². The molecule has 1 fully saturated rings. The maximum atomic E-state index is 12.1. The maximum absolute atomic E-state index is 12.1. The number of carbonyl (C=O) groups is 1. The van der Waals surface area contributed by atoms with Gasteiger partial charge in [-0.15, -0.1) is 0 Å². The Morgan fingerprint density at radius 3 is 3.07 bits per heavy atom. The summed E-state index contributed by atoms with van der Waals surface area (Å²) in [5.41, 5.74) is 0.677. The molecule has 2 heteroatoms. The highest BCUT2D eigenvalue weighted by Crippen LogP contribution is 2.46. The highest BCUT2D eigenvalue weighted by molar-refractivity contribution is 5.88. The average Bonchev–Trinajstić information content (AvgIpc) is 2.39. The lowest BCUT2D eigenvalue weighted by Gasteiger charge is -2.35. The van der Waals surface area contributed by atoms with Crippen molar-refractivity contribution in [1.29, 1.82) is 5.26 Å². The van der Waals surface area contributed by atoms with Crippen molar-refractivity contribution in [2.24, 2.45) is 11.3 Å². The molecule has 80 valence electrons. The van der Waals surface area contributed by atoms with Crippen LogP contribution < -0.4 is 0 Å². The largest absolute Gasteiger partial charge is 0.298 e. The van der Waals surface area contributed by atoms with Crippen LogP contribution in [-0.4, -0.2) is 5.78 Å². The number of allylic oxidation sites excluding steroid dienone is 2. The first-order chi connectivity index (χ1) is 7.19. The molecule has 0 heterocycles. The molecule has 0 spiro atoms. The van der Waals surface area contributed by atoms with E-state index in [9.17, 15) is 10.1 Å². The van der Waals surface area contributed by atoms with Crippen molar-refractivity contribution in [2.75, 3.05) is 0 Å². The van der Waals surface area contributed by atoms with Crippen LogP contribution in [0.4, 0.5) is 0 Å². The quantitative estimate of drug-likeness (QED) is 0.568. The van der Waals surface area contributed by atoms with Gasteiger partial charge in [0.2, 0.25) is 0 Å². The zero-order valence-electron chi connectivity index (χ0n) is 9.25. The molecule has 15 heavy (non-hydrogen) atoms. The first kappa shape index (κ1) is 10.4. The summed E-state index contributed by atoms with van der Waals surface area (Å²) in [5.74, 6) is 0.471.